The fourth-order valence-electron chi connectivity index (χ4n) is 1.23. The van der Waals surface area contributed by atoms with E-state index in [0.717, 1.165) is 4.90 Å². The highest BCUT2D eigenvalue weighted by Crippen LogP contribution is 2.12. The van der Waals surface area contributed by atoms with E-state index in [1.807, 2.05) is 6.92 Å². The average Bonchev–Trinajstić information content (AvgIpc) is 2.35. The maximum Gasteiger partial charge on any atom is 0.329 e. The van der Waals surface area contributed by atoms with Crippen LogP contribution in [0.5, 0.6) is 0 Å². The molecule has 0 rings (SSSR count). The number of hydrogen-bond acceptors (Lipinski definition) is 3. The molecule has 0 aliphatic heterocycles. The molecule has 0 saturated carbocycles. The zero-order valence-electron chi connectivity index (χ0n) is 12.4. The molecule has 0 saturated heterocycles. The van der Waals surface area contributed by atoms with Crippen LogP contribution in [0.2, 0.25) is 0 Å². The summed E-state index contributed by atoms with van der Waals surface area (Å²) in [6.07, 6.45) is 0. The molecule has 2 N–H and O–H groups in total. The standard InChI is InChI=1S/C12H23N3O4/c1-7-14(5)9(16)8(2)13-11(19)15(6)12(3,4)10(17)18/h8H,7H2,1-6H3,(H,13,19)(H,17,18). The minimum Gasteiger partial charge on any atom is -0.480 e. The van der Waals surface area contributed by atoms with Crippen molar-refractivity contribution in [1.29, 1.82) is 0 Å². The molecule has 0 fully saturated rings. The molecule has 3 amide bonds. The molecule has 1 atom stereocenters. The molecule has 0 aliphatic carbocycles. The second-order valence-corrected chi connectivity index (χ2v) is 4.95. The summed E-state index contributed by atoms with van der Waals surface area (Å²) in [5, 5.41) is 11.5. The topological polar surface area (TPSA) is 90.0 Å². The molecule has 0 heterocycles. The van der Waals surface area contributed by atoms with Crippen LogP contribution < -0.4 is 5.32 Å². The molecule has 19 heavy (non-hydrogen) atoms. The summed E-state index contributed by atoms with van der Waals surface area (Å²) in [5.41, 5.74) is -1.34. The summed E-state index contributed by atoms with van der Waals surface area (Å²) in [4.78, 5) is 37.3. The molecule has 0 aromatic heterocycles. The predicted octanol–water partition coefficient (Wildman–Crippen LogP) is 0.358. The summed E-state index contributed by atoms with van der Waals surface area (Å²) >= 11 is 0. The van der Waals surface area contributed by atoms with Gasteiger partial charge in [-0.15, -0.1) is 0 Å². The van der Waals surface area contributed by atoms with Gasteiger partial charge in [-0.05, 0) is 27.7 Å². The lowest BCUT2D eigenvalue weighted by molar-refractivity contribution is -0.146. The molecule has 1 unspecified atom stereocenters. The summed E-state index contributed by atoms with van der Waals surface area (Å²) < 4.78 is 0. The molecule has 110 valence electrons. The van der Waals surface area contributed by atoms with Crippen LogP contribution in [0.3, 0.4) is 0 Å². The number of amides is 3. The number of carbonyl (C=O) groups excluding carboxylic acids is 2. The number of carboxylic acid groups (broad SMARTS) is 1. The smallest absolute Gasteiger partial charge is 0.329 e. The Morgan fingerprint density at radius 3 is 2.11 bits per heavy atom. The van der Waals surface area contributed by atoms with Crippen molar-refractivity contribution in [1.82, 2.24) is 15.1 Å². The van der Waals surface area contributed by atoms with Crippen molar-refractivity contribution in [3.63, 3.8) is 0 Å². The maximum absolute atomic E-state index is 11.9. The predicted molar refractivity (Wildman–Crippen MR) is 70.8 cm³/mol. The van der Waals surface area contributed by atoms with Gasteiger partial charge in [-0.3, -0.25) is 4.79 Å². The van der Waals surface area contributed by atoms with Crippen LogP contribution in [0.4, 0.5) is 4.79 Å². The van der Waals surface area contributed by atoms with Crippen LogP contribution in [0.1, 0.15) is 27.7 Å². The van der Waals surface area contributed by atoms with Gasteiger partial charge in [0.2, 0.25) is 5.91 Å². The van der Waals surface area contributed by atoms with E-state index in [1.54, 1.807) is 14.0 Å². The van der Waals surface area contributed by atoms with Crippen LogP contribution >= 0.6 is 0 Å². The van der Waals surface area contributed by atoms with Crippen LogP contribution in [0.25, 0.3) is 0 Å². The largest absolute Gasteiger partial charge is 0.480 e. The normalized spacial score (nSPS) is 12.5. The van der Waals surface area contributed by atoms with Crippen molar-refractivity contribution in [2.75, 3.05) is 20.6 Å². The molecular formula is C12H23N3O4. The molecule has 7 nitrogen and oxygen atoms in total. The SMILES string of the molecule is CCN(C)C(=O)C(C)NC(=O)N(C)C(C)(C)C(=O)O. The molecule has 7 heteroatoms. The first-order valence-corrected chi connectivity index (χ1v) is 6.08. The molecule has 0 aliphatic rings. The van der Waals surface area contributed by atoms with E-state index in [2.05, 4.69) is 5.32 Å². The first kappa shape index (κ1) is 17.2. The Hall–Kier alpha value is -1.79. The van der Waals surface area contributed by atoms with Crippen molar-refractivity contribution >= 4 is 17.9 Å². The number of urea groups is 1. The summed E-state index contributed by atoms with van der Waals surface area (Å²) in [5.74, 6) is -1.34. The first-order valence-electron chi connectivity index (χ1n) is 6.08. The first-order chi connectivity index (χ1) is 8.55. The Labute approximate surface area is 113 Å². The number of carboxylic acids is 1. The van der Waals surface area contributed by atoms with Gasteiger partial charge in [-0.2, -0.15) is 0 Å². The van der Waals surface area contributed by atoms with E-state index >= 15 is 0 Å². The summed E-state index contributed by atoms with van der Waals surface area (Å²) in [7, 11) is 3.01. The number of carbonyl (C=O) groups is 3. The number of rotatable bonds is 5. The van der Waals surface area contributed by atoms with Crippen LogP contribution in [0.15, 0.2) is 0 Å². The molecule has 0 aromatic rings. The second kappa shape index (κ2) is 6.40. The number of hydrogen-bond donors (Lipinski definition) is 2. The fraction of sp³-hybridized carbons (Fsp3) is 0.750. The number of aliphatic carboxylic acids is 1. The van der Waals surface area contributed by atoms with Gasteiger partial charge in [-0.25, -0.2) is 9.59 Å². The Morgan fingerprint density at radius 2 is 1.74 bits per heavy atom. The van der Waals surface area contributed by atoms with E-state index in [1.165, 1.54) is 25.8 Å². The molecule has 0 bridgehead atoms. The van der Waals surface area contributed by atoms with Gasteiger partial charge in [0.1, 0.15) is 11.6 Å². The van der Waals surface area contributed by atoms with Crippen molar-refractivity contribution in [3.8, 4) is 0 Å². The second-order valence-electron chi connectivity index (χ2n) is 4.95. The number of nitrogens with one attached hydrogen (secondary N) is 1. The zero-order valence-corrected chi connectivity index (χ0v) is 12.4. The quantitative estimate of drug-likeness (QED) is 0.756. The lowest BCUT2D eigenvalue weighted by atomic mass is 10.0. The van der Waals surface area contributed by atoms with Crippen molar-refractivity contribution < 1.29 is 19.5 Å². The van der Waals surface area contributed by atoms with Gasteiger partial charge in [-0.1, -0.05) is 0 Å². The monoisotopic (exact) mass is 273 g/mol. The van der Waals surface area contributed by atoms with Crippen LogP contribution in [0, 0.1) is 0 Å². The van der Waals surface area contributed by atoms with Gasteiger partial charge in [0, 0.05) is 20.6 Å². The van der Waals surface area contributed by atoms with E-state index in [4.69, 9.17) is 5.11 Å². The Morgan fingerprint density at radius 1 is 1.26 bits per heavy atom. The minimum atomic E-state index is -1.34. The van der Waals surface area contributed by atoms with Crippen molar-refractivity contribution in [2.45, 2.75) is 39.3 Å². The van der Waals surface area contributed by atoms with E-state index in [9.17, 15) is 14.4 Å². The van der Waals surface area contributed by atoms with Gasteiger partial charge in [0.05, 0.1) is 0 Å². The maximum atomic E-state index is 11.9. The molecular weight excluding hydrogens is 250 g/mol. The van der Waals surface area contributed by atoms with Crippen LogP contribution in [-0.2, 0) is 9.59 Å². The van der Waals surface area contributed by atoms with Gasteiger partial charge < -0.3 is 20.2 Å². The molecule has 0 spiro atoms. The summed E-state index contributed by atoms with van der Waals surface area (Å²) in [6, 6.07) is -1.30. The van der Waals surface area contributed by atoms with E-state index < -0.39 is 23.6 Å². The van der Waals surface area contributed by atoms with Crippen molar-refractivity contribution in [2.24, 2.45) is 0 Å². The minimum absolute atomic E-state index is 0.225. The number of nitrogens with zero attached hydrogens (tertiary/aromatic N) is 2. The Bertz CT molecular complexity index is 368. The average molecular weight is 273 g/mol. The Kier molecular flexibility index (Phi) is 5.80. The number of likely N-dealkylation sites (N-methyl/N-ethyl adjacent to an activating group) is 2. The lowest BCUT2D eigenvalue weighted by Crippen LogP contribution is -2.57. The highest BCUT2D eigenvalue weighted by molar-refractivity contribution is 5.89. The fourth-order valence-corrected chi connectivity index (χ4v) is 1.23. The van der Waals surface area contributed by atoms with Gasteiger partial charge in [0.25, 0.3) is 0 Å². The summed E-state index contributed by atoms with van der Waals surface area (Å²) in [6.45, 7) is 6.76. The third kappa shape index (κ3) is 4.11. The Balaban J connectivity index is 4.71. The molecule has 0 aromatic carbocycles. The van der Waals surface area contributed by atoms with Crippen molar-refractivity contribution in [3.05, 3.63) is 0 Å². The van der Waals surface area contributed by atoms with Crippen LogP contribution in [-0.4, -0.2) is 65.0 Å². The molecule has 0 radical (unpaired) electrons. The van der Waals surface area contributed by atoms with Gasteiger partial charge >= 0.3 is 12.0 Å². The highest BCUT2D eigenvalue weighted by atomic mass is 16.4. The lowest BCUT2D eigenvalue weighted by Gasteiger charge is -2.32. The van der Waals surface area contributed by atoms with Gasteiger partial charge in [0.15, 0.2) is 0 Å². The highest BCUT2D eigenvalue weighted by Gasteiger charge is 2.36. The third-order valence-electron chi connectivity index (χ3n) is 3.23. The van der Waals surface area contributed by atoms with E-state index in [0.29, 0.717) is 6.54 Å². The van der Waals surface area contributed by atoms with E-state index in [-0.39, 0.29) is 5.91 Å². The zero-order chi connectivity index (χ0) is 15.4. The third-order valence-corrected chi connectivity index (χ3v) is 3.23.